The number of halogens is 1. The number of nitrogens with zero attached hydrogens (tertiary/aromatic N) is 3. The van der Waals surface area contributed by atoms with Crippen molar-refractivity contribution in [3.63, 3.8) is 0 Å². The topological polar surface area (TPSA) is 46.5 Å². The molecule has 0 radical (unpaired) electrons. The van der Waals surface area contributed by atoms with Crippen LogP contribution in [0.1, 0.15) is 18.5 Å². The minimum absolute atomic E-state index is 0.259. The number of rotatable bonds is 3. The summed E-state index contributed by atoms with van der Waals surface area (Å²) in [4.78, 5) is 4.09. The van der Waals surface area contributed by atoms with Crippen molar-refractivity contribution < 1.29 is 4.39 Å². The van der Waals surface area contributed by atoms with Crippen molar-refractivity contribution in [3.05, 3.63) is 64.9 Å². The molecular weight excluding hydrogens is 287 g/mol. The van der Waals surface area contributed by atoms with Crippen LogP contribution in [0.2, 0.25) is 0 Å². The van der Waals surface area contributed by atoms with Crippen LogP contribution in [0.25, 0.3) is 11.4 Å². The molecule has 21 heavy (non-hydrogen) atoms. The Morgan fingerprint density at radius 1 is 1.24 bits per heavy atom. The first-order chi connectivity index (χ1) is 10.2. The smallest absolute Gasteiger partial charge is 0.196 e. The summed E-state index contributed by atoms with van der Waals surface area (Å²) in [5, 5.41) is 7.02. The number of benzene rings is 1. The van der Waals surface area contributed by atoms with Gasteiger partial charge in [0, 0.05) is 23.5 Å². The van der Waals surface area contributed by atoms with Crippen LogP contribution in [0, 0.1) is 10.6 Å². The first-order valence-corrected chi connectivity index (χ1v) is 6.91. The maximum absolute atomic E-state index is 14.0. The van der Waals surface area contributed by atoms with Gasteiger partial charge < -0.3 is 0 Å². The summed E-state index contributed by atoms with van der Waals surface area (Å²) in [5.74, 6) is 0.383. The van der Waals surface area contributed by atoms with Crippen LogP contribution in [0.15, 0.2) is 48.8 Å². The maximum Gasteiger partial charge on any atom is 0.196 e. The Hall–Kier alpha value is -2.34. The lowest BCUT2D eigenvalue weighted by molar-refractivity contribution is 0.556. The molecule has 3 aromatic rings. The summed E-state index contributed by atoms with van der Waals surface area (Å²) >= 11 is 5.29. The van der Waals surface area contributed by atoms with E-state index in [1.807, 2.05) is 25.1 Å². The van der Waals surface area contributed by atoms with Gasteiger partial charge >= 0.3 is 0 Å². The molecule has 2 heterocycles. The number of H-pyrrole nitrogens is 1. The van der Waals surface area contributed by atoms with E-state index in [0.29, 0.717) is 16.2 Å². The van der Waals surface area contributed by atoms with Gasteiger partial charge in [0.05, 0.1) is 6.04 Å². The Labute approximate surface area is 126 Å². The second-order valence-corrected chi connectivity index (χ2v) is 5.05. The molecule has 1 N–H and O–H groups in total. The average molecular weight is 300 g/mol. The Morgan fingerprint density at radius 3 is 2.76 bits per heavy atom. The molecule has 2 aromatic heterocycles. The molecule has 0 aliphatic carbocycles. The number of aromatic amines is 1. The van der Waals surface area contributed by atoms with E-state index in [4.69, 9.17) is 12.2 Å². The highest BCUT2D eigenvalue weighted by atomic mass is 32.1. The van der Waals surface area contributed by atoms with Crippen molar-refractivity contribution in [2.75, 3.05) is 0 Å². The zero-order valence-electron chi connectivity index (χ0n) is 11.3. The van der Waals surface area contributed by atoms with Crippen molar-refractivity contribution in [1.29, 1.82) is 0 Å². The van der Waals surface area contributed by atoms with Crippen molar-refractivity contribution in [2.24, 2.45) is 0 Å². The number of aromatic nitrogens is 4. The average Bonchev–Trinajstić information content (AvgIpc) is 2.90. The summed E-state index contributed by atoms with van der Waals surface area (Å²) in [6, 6.07) is 10.1. The summed E-state index contributed by atoms with van der Waals surface area (Å²) < 4.78 is 16.3. The number of hydrogen-bond donors (Lipinski definition) is 1. The van der Waals surface area contributed by atoms with Gasteiger partial charge in [-0.3, -0.25) is 14.6 Å². The molecule has 0 bridgehead atoms. The third-order valence-electron chi connectivity index (χ3n) is 3.37. The van der Waals surface area contributed by atoms with E-state index in [-0.39, 0.29) is 11.9 Å². The summed E-state index contributed by atoms with van der Waals surface area (Å²) in [7, 11) is 0. The summed E-state index contributed by atoms with van der Waals surface area (Å²) in [6.07, 6.45) is 3.39. The zero-order chi connectivity index (χ0) is 14.8. The molecule has 0 aliphatic heterocycles. The van der Waals surface area contributed by atoms with Crippen molar-refractivity contribution in [1.82, 2.24) is 19.7 Å². The van der Waals surface area contributed by atoms with Gasteiger partial charge in [-0.1, -0.05) is 18.2 Å². The minimum Gasteiger partial charge on any atom is -0.293 e. The molecule has 1 unspecified atom stereocenters. The van der Waals surface area contributed by atoms with E-state index in [2.05, 4.69) is 15.2 Å². The van der Waals surface area contributed by atoms with E-state index in [0.717, 1.165) is 5.56 Å². The maximum atomic E-state index is 14.0. The van der Waals surface area contributed by atoms with Gasteiger partial charge in [-0.2, -0.15) is 5.10 Å². The quantitative estimate of drug-likeness (QED) is 0.749. The molecule has 0 spiro atoms. The Kier molecular flexibility index (Phi) is 3.62. The highest BCUT2D eigenvalue weighted by molar-refractivity contribution is 7.71. The molecule has 0 fully saturated rings. The van der Waals surface area contributed by atoms with Gasteiger partial charge in [0.2, 0.25) is 0 Å². The minimum atomic E-state index is -0.271. The molecule has 4 nitrogen and oxygen atoms in total. The third kappa shape index (κ3) is 2.50. The van der Waals surface area contributed by atoms with E-state index < -0.39 is 0 Å². The Bertz CT molecular complexity index is 810. The Morgan fingerprint density at radius 2 is 2.05 bits per heavy atom. The molecule has 6 heteroatoms. The fourth-order valence-corrected chi connectivity index (χ4v) is 2.61. The fourth-order valence-electron chi connectivity index (χ4n) is 2.32. The van der Waals surface area contributed by atoms with Gasteiger partial charge in [0.15, 0.2) is 10.6 Å². The van der Waals surface area contributed by atoms with Crippen LogP contribution < -0.4 is 0 Å². The van der Waals surface area contributed by atoms with Crippen LogP contribution in [0.3, 0.4) is 0 Å². The van der Waals surface area contributed by atoms with E-state index in [9.17, 15) is 4.39 Å². The van der Waals surface area contributed by atoms with Gasteiger partial charge in [-0.05, 0) is 37.3 Å². The SMILES string of the molecule is CC(c1ccccc1F)n1c(-c2cccnc2)n[nH]c1=S. The molecular formula is C15H13FN4S. The second kappa shape index (κ2) is 5.57. The summed E-state index contributed by atoms with van der Waals surface area (Å²) in [5.41, 5.74) is 1.40. The number of hydrogen-bond acceptors (Lipinski definition) is 3. The molecule has 0 aliphatic rings. The largest absolute Gasteiger partial charge is 0.293 e. The molecule has 1 aromatic carbocycles. The van der Waals surface area contributed by atoms with Crippen molar-refractivity contribution in [2.45, 2.75) is 13.0 Å². The molecule has 106 valence electrons. The van der Waals surface area contributed by atoms with Gasteiger partial charge in [0.1, 0.15) is 5.82 Å². The van der Waals surface area contributed by atoms with E-state index in [1.54, 1.807) is 29.1 Å². The highest BCUT2D eigenvalue weighted by Gasteiger charge is 2.18. The lowest BCUT2D eigenvalue weighted by Crippen LogP contribution is -2.10. The third-order valence-corrected chi connectivity index (χ3v) is 3.65. The lowest BCUT2D eigenvalue weighted by Gasteiger charge is -2.16. The van der Waals surface area contributed by atoms with E-state index >= 15 is 0 Å². The van der Waals surface area contributed by atoms with Gasteiger partial charge in [-0.15, -0.1) is 0 Å². The molecule has 0 saturated carbocycles. The van der Waals surface area contributed by atoms with Crippen molar-refractivity contribution >= 4 is 12.2 Å². The van der Waals surface area contributed by atoms with Crippen LogP contribution in [0.5, 0.6) is 0 Å². The second-order valence-electron chi connectivity index (χ2n) is 4.66. The number of pyridine rings is 1. The lowest BCUT2D eigenvalue weighted by atomic mass is 10.1. The van der Waals surface area contributed by atoms with Crippen LogP contribution in [0.4, 0.5) is 4.39 Å². The summed E-state index contributed by atoms with van der Waals surface area (Å²) in [6.45, 7) is 1.89. The van der Waals surface area contributed by atoms with E-state index in [1.165, 1.54) is 6.07 Å². The first kappa shape index (κ1) is 13.6. The fraction of sp³-hybridized carbons (Fsp3) is 0.133. The van der Waals surface area contributed by atoms with Crippen molar-refractivity contribution in [3.8, 4) is 11.4 Å². The predicted molar refractivity (Wildman–Crippen MR) is 80.9 cm³/mol. The molecule has 1 atom stereocenters. The molecule has 0 amide bonds. The van der Waals surface area contributed by atoms with Crippen LogP contribution in [-0.4, -0.2) is 19.7 Å². The predicted octanol–water partition coefficient (Wildman–Crippen LogP) is 3.75. The normalized spacial score (nSPS) is 12.3. The van der Waals surface area contributed by atoms with Crippen LogP contribution >= 0.6 is 12.2 Å². The monoisotopic (exact) mass is 300 g/mol. The number of nitrogens with one attached hydrogen (secondary N) is 1. The Balaban J connectivity index is 2.14. The first-order valence-electron chi connectivity index (χ1n) is 6.50. The van der Waals surface area contributed by atoms with Crippen LogP contribution in [-0.2, 0) is 0 Å². The van der Waals surface area contributed by atoms with Gasteiger partial charge in [0.25, 0.3) is 0 Å². The van der Waals surface area contributed by atoms with Gasteiger partial charge in [-0.25, -0.2) is 4.39 Å². The zero-order valence-corrected chi connectivity index (χ0v) is 12.1. The highest BCUT2D eigenvalue weighted by Crippen LogP contribution is 2.26. The molecule has 3 rings (SSSR count). The molecule has 0 saturated heterocycles. The standard InChI is InChI=1S/C15H13FN4S/c1-10(12-6-2-3-7-13(12)16)20-14(18-19-15(20)21)11-5-4-8-17-9-11/h2-10H,1H3,(H,19,21).